The average molecular weight is 473 g/mol. The number of halogens is 6. The van der Waals surface area contributed by atoms with Crippen molar-refractivity contribution in [1.29, 1.82) is 0 Å². The average Bonchev–Trinajstić information content (AvgIpc) is 0. The van der Waals surface area contributed by atoms with Crippen LogP contribution >= 0.6 is 74.4 Å². The molecule has 92 valence electrons. The minimum Gasteiger partial charge on any atom is -0.147 e. The van der Waals surface area contributed by atoms with E-state index in [2.05, 4.69) is 0 Å². The maximum absolute atomic E-state index is 0. The van der Waals surface area contributed by atoms with E-state index in [1.54, 1.807) is 0 Å². The standard InChI is InChI=1S/6ClH.4Cu/h6*1H;;;;. The Kier molecular flexibility index (Phi) is 1910. The smallest absolute Gasteiger partial charge is 0 e. The second-order valence-electron chi connectivity index (χ2n) is 0. The molecule has 0 aromatic carbocycles. The number of hydrogen-bond donors (Lipinski definition) is 0. The fourth-order valence-corrected chi connectivity index (χ4v) is 0. The molecular weight excluding hydrogens is 467 g/mol. The van der Waals surface area contributed by atoms with Crippen LogP contribution in [0.25, 0.3) is 0 Å². The summed E-state index contributed by atoms with van der Waals surface area (Å²) >= 11 is 0. The first-order valence-electron chi connectivity index (χ1n) is 0. The summed E-state index contributed by atoms with van der Waals surface area (Å²) in [6, 6.07) is 0. The van der Waals surface area contributed by atoms with Gasteiger partial charge in [0.1, 0.15) is 0 Å². The van der Waals surface area contributed by atoms with E-state index in [9.17, 15) is 0 Å². The van der Waals surface area contributed by atoms with Crippen LogP contribution in [-0.4, -0.2) is 0 Å². The van der Waals surface area contributed by atoms with Gasteiger partial charge in [-0.15, -0.1) is 74.4 Å². The first kappa shape index (κ1) is 156. The summed E-state index contributed by atoms with van der Waals surface area (Å²) in [5, 5.41) is 0. The predicted molar refractivity (Wildman–Crippen MR) is 43.5 cm³/mol. The molecule has 0 aliphatic carbocycles. The molecule has 0 aliphatic heterocycles. The molecule has 0 unspecified atom stereocenters. The van der Waals surface area contributed by atoms with Crippen molar-refractivity contribution in [3.63, 3.8) is 0 Å². The Morgan fingerprint density at radius 3 is 0.200 bits per heavy atom. The molecule has 0 nitrogen and oxygen atoms in total. The molecule has 4 radical (unpaired) electrons. The van der Waals surface area contributed by atoms with Gasteiger partial charge >= 0.3 is 0 Å². The molecule has 0 saturated carbocycles. The molecule has 0 amide bonds. The Hall–Kier alpha value is 3.82. The van der Waals surface area contributed by atoms with Crippen LogP contribution in [0.3, 0.4) is 0 Å². The molecule has 0 saturated heterocycles. The molecule has 10 heavy (non-hydrogen) atoms. The molecular formula is H6Cl6Cu4. The van der Waals surface area contributed by atoms with Crippen LogP contribution in [-0.2, 0) is 68.3 Å². The molecule has 0 spiro atoms. The van der Waals surface area contributed by atoms with Crippen LogP contribution in [0, 0.1) is 0 Å². The summed E-state index contributed by atoms with van der Waals surface area (Å²) in [4.78, 5) is 0. The van der Waals surface area contributed by atoms with E-state index < -0.39 is 0 Å². The van der Waals surface area contributed by atoms with Gasteiger partial charge in [-0.3, -0.25) is 0 Å². The van der Waals surface area contributed by atoms with E-state index in [4.69, 9.17) is 0 Å². The van der Waals surface area contributed by atoms with Crippen LogP contribution in [0.4, 0.5) is 0 Å². The third-order valence-electron chi connectivity index (χ3n) is 0. The van der Waals surface area contributed by atoms with Crippen LogP contribution in [0.1, 0.15) is 0 Å². The monoisotopic (exact) mass is 468 g/mol. The first-order chi connectivity index (χ1) is 0. The van der Waals surface area contributed by atoms with Crippen LogP contribution in [0.5, 0.6) is 0 Å². The molecule has 0 heterocycles. The Labute approximate surface area is 141 Å². The van der Waals surface area contributed by atoms with Crippen molar-refractivity contribution < 1.29 is 68.3 Å². The maximum atomic E-state index is 0. The largest absolute Gasteiger partial charge is 0.147 e. The normalized spacial score (nSPS) is 0. The second kappa shape index (κ2) is 123. The van der Waals surface area contributed by atoms with E-state index in [1.165, 1.54) is 0 Å². The Bertz CT molecular complexity index is 9.71. The fourth-order valence-electron chi connectivity index (χ4n) is 0. The quantitative estimate of drug-likeness (QED) is 0.475. The van der Waals surface area contributed by atoms with Gasteiger partial charge in [-0.1, -0.05) is 0 Å². The first-order valence-corrected chi connectivity index (χ1v) is 0. The van der Waals surface area contributed by atoms with Crippen molar-refractivity contribution >= 4 is 74.4 Å². The van der Waals surface area contributed by atoms with E-state index in [-0.39, 0.29) is 143 Å². The van der Waals surface area contributed by atoms with Crippen molar-refractivity contribution in [1.82, 2.24) is 0 Å². The summed E-state index contributed by atoms with van der Waals surface area (Å²) in [7, 11) is 0. The minimum atomic E-state index is 0. The Morgan fingerprint density at radius 1 is 0.200 bits per heavy atom. The van der Waals surface area contributed by atoms with Crippen LogP contribution in [0.15, 0.2) is 0 Å². The zero-order valence-electron chi connectivity index (χ0n) is 3.66. The van der Waals surface area contributed by atoms with E-state index in [0.717, 1.165) is 0 Å². The van der Waals surface area contributed by atoms with Gasteiger partial charge in [0.05, 0.1) is 0 Å². The zero-order valence-corrected chi connectivity index (χ0v) is 12.3. The van der Waals surface area contributed by atoms with Crippen molar-refractivity contribution in [3.05, 3.63) is 0 Å². The molecule has 0 N–H and O–H groups in total. The van der Waals surface area contributed by atoms with E-state index in [1.807, 2.05) is 0 Å². The van der Waals surface area contributed by atoms with Gasteiger partial charge in [0.15, 0.2) is 0 Å². The van der Waals surface area contributed by atoms with Crippen LogP contribution < -0.4 is 0 Å². The van der Waals surface area contributed by atoms with Crippen molar-refractivity contribution in [2.45, 2.75) is 0 Å². The molecule has 0 aromatic heterocycles. The van der Waals surface area contributed by atoms with Crippen molar-refractivity contribution in [2.24, 2.45) is 0 Å². The van der Waals surface area contributed by atoms with Gasteiger partial charge in [-0.2, -0.15) is 0 Å². The summed E-state index contributed by atoms with van der Waals surface area (Å²) in [5.41, 5.74) is 0. The maximum Gasteiger partial charge on any atom is 0 e. The van der Waals surface area contributed by atoms with Gasteiger partial charge < -0.3 is 0 Å². The van der Waals surface area contributed by atoms with Gasteiger partial charge in [0.2, 0.25) is 0 Å². The fraction of sp³-hybridized carbons (Fsp3) is 0. The van der Waals surface area contributed by atoms with E-state index in [0.29, 0.717) is 0 Å². The number of hydrogen-bond acceptors (Lipinski definition) is 0. The summed E-state index contributed by atoms with van der Waals surface area (Å²) in [5.74, 6) is 0. The molecule has 0 aromatic rings. The van der Waals surface area contributed by atoms with Gasteiger partial charge in [-0.05, 0) is 0 Å². The Balaban J connectivity index is 0. The summed E-state index contributed by atoms with van der Waals surface area (Å²) < 4.78 is 0. The summed E-state index contributed by atoms with van der Waals surface area (Å²) in [6.07, 6.45) is 0. The molecule has 0 rings (SSSR count). The van der Waals surface area contributed by atoms with Crippen molar-refractivity contribution in [3.8, 4) is 0 Å². The number of rotatable bonds is 0. The van der Waals surface area contributed by atoms with Gasteiger partial charge in [-0.25, -0.2) is 0 Å². The van der Waals surface area contributed by atoms with Gasteiger partial charge in [0, 0.05) is 68.3 Å². The molecule has 10 heteroatoms. The SMILES string of the molecule is Cl.Cl.Cl.Cl.Cl.Cl.[Cu].[Cu].[Cu].[Cu]. The molecule has 0 fully saturated rings. The predicted octanol–water partition coefficient (Wildman–Crippen LogP) is 2.52. The zero-order chi connectivity index (χ0) is 0. The topological polar surface area (TPSA) is 0 Å². The Morgan fingerprint density at radius 2 is 0.200 bits per heavy atom. The third kappa shape index (κ3) is 94.9. The molecule has 0 aliphatic rings. The second-order valence-corrected chi connectivity index (χ2v) is 0. The third-order valence-corrected chi connectivity index (χ3v) is 0. The van der Waals surface area contributed by atoms with Crippen molar-refractivity contribution in [2.75, 3.05) is 0 Å². The van der Waals surface area contributed by atoms with Gasteiger partial charge in [0.25, 0.3) is 0 Å². The van der Waals surface area contributed by atoms with Crippen LogP contribution in [0.2, 0.25) is 0 Å². The van der Waals surface area contributed by atoms with E-state index >= 15 is 0 Å². The minimum absolute atomic E-state index is 0. The molecule has 0 atom stereocenters. The molecule has 0 bridgehead atoms. The summed E-state index contributed by atoms with van der Waals surface area (Å²) in [6.45, 7) is 0.